The van der Waals surface area contributed by atoms with Gasteiger partial charge in [-0.1, -0.05) is 6.92 Å². The summed E-state index contributed by atoms with van der Waals surface area (Å²) < 4.78 is 22.7. The summed E-state index contributed by atoms with van der Waals surface area (Å²) in [6.45, 7) is 3.78. The highest BCUT2D eigenvalue weighted by molar-refractivity contribution is 7.91. The number of carbonyl (C=O) groups excluding carboxylic acids is 2. The van der Waals surface area contributed by atoms with Gasteiger partial charge in [-0.25, -0.2) is 13.4 Å². The summed E-state index contributed by atoms with van der Waals surface area (Å²) in [5.74, 6) is -1.62. The van der Waals surface area contributed by atoms with Crippen LogP contribution in [0.1, 0.15) is 40.1 Å². The molecular weight excluding hydrogens is 326 g/mol. The molecular formula is C13H19N3O4S2. The number of thiazole rings is 1. The Morgan fingerprint density at radius 3 is 2.68 bits per heavy atom. The van der Waals surface area contributed by atoms with E-state index < -0.39 is 27.6 Å². The fraction of sp³-hybridized carbons (Fsp3) is 0.615. The minimum atomic E-state index is -3.12. The molecule has 1 unspecified atom stereocenters. The van der Waals surface area contributed by atoms with Crippen LogP contribution in [0.5, 0.6) is 0 Å². The minimum absolute atomic E-state index is 0.0212. The van der Waals surface area contributed by atoms with Crippen molar-refractivity contribution in [1.29, 1.82) is 0 Å². The van der Waals surface area contributed by atoms with Crippen LogP contribution in [-0.2, 0) is 21.1 Å². The molecule has 1 aliphatic rings. The second-order valence-corrected chi connectivity index (χ2v) is 8.63. The first kappa shape index (κ1) is 16.9. The molecule has 9 heteroatoms. The predicted molar refractivity (Wildman–Crippen MR) is 83.2 cm³/mol. The van der Waals surface area contributed by atoms with E-state index >= 15 is 0 Å². The highest BCUT2D eigenvalue weighted by atomic mass is 32.2. The number of carbonyl (C=O) groups is 2. The van der Waals surface area contributed by atoms with Crippen LogP contribution < -0.4 is 10.9 Å². The van der Waals surface area contributed by atoms with Crippen LogP contribution in [0.15, 0.2) is 0 Å². The van der Waals surface area contributed by atoms with Gasteiger partial charge < -0.3 is 0 Å². The predicted octanol–water partition coefficient (Wildman–Crippen LogP) is 0.600. The summed E-state index contributed by atoms with van der Waals surface area (Å²) in [6.07, 6.45) is 2.05. The van der Waals surface area contributed by atoms with Gasteiger partial charge in [-0.3, -0.25) is 20.4 Å². The molecule has 1 aromatic rings. The van der Waals surface area contributed by atoms with Gasteiger partial charge in [-0.05, 0) is 26.2 Å². The molecule has 1 aromatic heterocycles. The lowest BCUT2D eigenvalue weighted by molar-refractivity contribution is -0.125. The maximum Gasteiger partial charge on any atom is 0.281 e. The number of sulfone groups is 1. The lowest BCUT2D eigenvalue weighted by Gasteiger charge is -2.10. The molecule has 1 aliphatic heterocycles. The van der Waals surface area contributed by atoms with Crippen LogP contribution in [0, 0.1) is 12.8 Å². The third-order valence-corrected chi connectivity index (χ3v) is 6.40. The molecule has 0 aromatic carbocycles. The van der Waals surface area contributed by atoms with Crippen LogP contribution in [0.4, 0.5) is 0 Å². The summed E-state index contributed by atoms with van der Waals surface area (Å²) in [5.41, 5.74) is 5.27. The zero-order valence-electron chi connectivity index (χ0n) is 12.5. The van der Waals surface area contributed by atoms with Gasteiger partial charge >= 0.3 is 0 Å². The number of aromatic nitrogens is 1. The van der Waals surface area contributed by atoms with Gasteiger partial charge in [0.2, 0.25) is 5.91 Å². The second kappa shape index (κ2) is 6.74. The van der Waals surface area contributed by atoms with Crippen LogP contribution in [0.3, 0.4) is 0 Å². The topological polar surface area (TPSA) is 105 Å². The quantitative estimate of drug-likeness (QED) is 0.778. The Kier molecular flexibility index (Phi) is 5.17. The summed E-state index contributed by atoms with van der Waals surface area (Å²) in [4.78, 5) is 28.7. The van der Waals surface area contributed by atoms with E-state index in [2.05, 4.69) is 15.8 Å². The summed E-state index contributed by atoms with van der Waals surface area (Å²) >= 11 is 1.31. The molecule has 0 aliphatic carbocycles. The largest absolute Gasteiger partial charge is 0.281 e. The van der Waals surface area contributed by atoms with Crippen molar-refractivity contribution in [1.82, 2.24) is 15.8 Å². The highest BCUT2D eigenvalue weighted by Gasteiger charge is 2.33. The highest BCUT2D eigenvalue weighted by Crippen LogP contribution is 2.20. The Morgan fingerprint density at radius 2 is 2.09 bits per heavy atom. The number of nitrogens with zero attached hydrogens (tertiary/aromatic N) is 1. The molecule has 0 bridgehead atoms. The van der Waals surface area contributed by atoms with E-state index in [-0.39, 0.29) is 11.5 Å². The molecule has 2 heterocycles. The average Bonchev–Trinajstić information content (AvgIpc) is 2.99. The summed E-state index contributed by atoms with van der Waals surface area (Å²) in [6, 6.07) is 0. The number of aryl methyl sites for hydroxylation is 2. The molecule has 1 fully saturated rings. The van der Waals surface area contributed by atoms with Crippen LogP contribution in [-0.4, -0.2) is 36.7 Å². The fourth-order valence-corrected chi connectivity index (χ4v) is 5.07. The molecule has 2 N–H and O–H groups in total. The van der Waals surface area contributed by atoms with E-state index in [1.807, 2.05) is 6.92 Å². The number of rotatable bonds is 4. The van der Waals surface area contributed by atoms with Gasteiger partial charge in [-0.15, -0.1) is 11.3 Å². The first-order valence-electron chi connectivity index (χ1n) is 7.09. The molecule has 22 heavy (non-hydrogen) atoms. The smallest absolute Gasteiger partial charge is 0.273 e. The normalized spacial score (nSPS) is 19.8. The van der Waals surface area contributed by atoms with Crippen LogP contribution in [0.25, 0.3) is 0 Å². The van der Waals surface area contributed by atoms with Crippen molar-refractivity contribution in [2.24, 2.45) is 5.92 Å². The first-order valence-corrected chi connectivity index (χ1v) is 9.73. The van der Waals surface area contributed by atoms with Crippen LogP contribution in [0.2, 0.25) is 0 Å². The zero-order chi connectivity index (χ0) is 16.3. The Labute approximate surface area is 133 Å². The van der Waals surface area contributed by atoms with E-state index in [1.165, 1.54) is 11.3 Å². The first-order chi connectivity index (χ1) is 10.3. The number of hydrogen-bond acceptors (Lipinski definition) is 6. The number of nitrogens with one attached hydrogen (secondary N) is 2. The fourth-order valence-electron chi connectivity index (χ4n) is 2.26. The number of hydrazine groups is 1. The maximum atomic E-state index is 12.1. The molecule has 1 atom stereocenters. The third-order valence-electron chi connectivity index (χ3n) is 3.41. The Balaban J connectivity index is 1.91. The Hall–Kier alpha value is -1.48. The van der Waals surface area contributed by atoms with Crippen LogP contribution >= 0.6 is 11.3 Å². The van der Waals surface area contributed by atoms with Crippen molar-refractivity contribution in [3.63, 3.8) is 0 Å². The maximum absolute atomic E-state index is 12.1. The molecule has 0 radical (unpaired) electrons. The van der Waals surface area contributed by atoms with E-state index in [0.29, 0.717) is 17.0 Å². The van der Waals surface area contributed by atoms with Crippen molar-refractivity contribution in [2.75, 3.05) is 11.5 Å². The van der Waals surface area contributed by atoms with Gasteiger partial charge in [0.25, 0.3) is 5.91 Å². The van der Waals surface area contributed by atoms with Crippen molar-refractivity contribution < 1.29 is 18.0 Å². The molecule has 7 nitrogen and oxygen atoms in total. The lowest BCUT2D eigenvalue weighted by Crippen LogP contribution is -2.44. The SMILES string of the molecule is CCCc1nc(C)c(C(=O)NNC(=O)C2CCS(=O)(=O)C2)s1. The second-order valence-electron chi connectivity index (χ2n) is 5.32. The number of hydrogen-bond donors (Lipinski definition) is 2. The van der Waals surface area contributed by atoms with E-state index in [0.717, 1.165) is 17.8 Å². The van der Waals surface area contributed by atoms with Gasteiger partial charge in [-0.2, -0.15) is 0 Å². The third kappa shape index (κ3) is 4.04. The molecule has 0 saturated carbocycles. The monoisotopic (exact) mass is 345 g/mol. The van der Waals surface area contributed by atoms with Crippen molar-refractivity contribution in [3.05, 3.63) is 15.6 Å². The Morgan fingerprint density at radius 1 is 1.36 bits per heavy atom. The van der Waals surface area contributed by atoms with Crippen molar-refractivity contribution in [2.45, 2.75) is 33.1 Å². The average molecular weight is 345 g/mol. The van der Waals surface area contributed by atoms with E-state index in [9.17, 15) is 18.0 Å². The van der Waals surface area contributed by atoms with E-state index in [1.54, 1.807) is 6.92 Å². The summed E-state index contributed by atoms with van der Waals surface area (Å²) in [5, 5.41) is 0.887. The number of amides is 2. The van der Waals surface area contributed by atoms with Gasteiger partial charge in [0.1, 0.15) is 4.88 Å². The van der Waals surface area contributed by atoms with Crippen molar-refractivity contribution >= 4 is 33.0 Å². The molecule has 1 saturated heterocycles. The Bertz CT molecular complexity index is 681. The molecule has 2 amide bonds. The molecule has 122 valence electrons. The standard InChI is InChI=1S/C13H19N3O4S2/c1-3-4-10-14-8(2)11(21-10)13(18)16-15-12(17)9-5-6-22(19,20)7-9/h9H,3-7H2,1-2H3,(H,15,17)(H,16,18). The summed E-state index contributed by atoms with van der Waals surface area (Å²) in [7, 11) is -3.12. The lowest BCUT2D eigenvalue weighted by atomic mass is 10.1. The van der Waals surface area contributed by atoms with Crippen molar-refractivity contribution in [3.8, 4) is 0 Å². The molecule has 0 spiro atoms. The molecule has 2 rings (SSSR count). The van der Waals surface area contributed by atoms with Gasteiger partial charge in [0, 0.05) is 0 Å². The van der Waals surface area contributed by atoms with E-state index in [4.69, 9.17) is 0 Å². The zero-order valence-corrected chi connectivity index (χ0v) is 14.1. The minimum Gasteiger partial charge on any atom is -0.273 e. The van der Waals surface area contributed by atoms with Gasteiger partial charge in [0.05, 0.1) is 28.1 Å². The van der Waals surface area contributed by atoms with Gasteiger partial charge in [0.15, 0.2) is 9.84 Å².